The zero-order valence-electron chi connectivity index (χ0n) is 21.5. The van der Waals surface area contributed by atoms with E-state index in [1.165, 1.54) is 18.0 Å². The van der Waals surface area contributed by atoms with Crippen molar-refractivity contribution >= 4 is 28.5 Å². The molecular formula is C33H29N3O2. The standard InChI is InChI=1S/C33H29N3O2/c1-23(2)29-20-28-12-7-15-34-32(28)30(21-29)27-11-6-10-25(18-27)19-31(26-13-16-36(38)17-14-26)33(37)35-22-24-8-4-3-5-9-24/h3-21,23H,22H2,1-2H3,(H,35,37)/b31-19+. The number of aromatic nitrogens is 2. The van der Waals surface area contributed by atoms with E-state index in [9.17, 15) is 10.0 Å². The van der Waals surface area contributed by atoms with Crippen LogP contribution in [0.1, 0.15) is 42.0 Å². The van der Waals surface area contributed by atoms with Crippen LogP contribution in [-0.4, -0.2) is 10.9 Å². The van der Waals surface area contributed by atoms with Gasteiger partial charge >= 0.3 is 0 Å². The highest BCUT2D eigenvalue weighted by atomic mass is 16.5. The molecule has 0 fully saturated rings. The monoisotopic (exact) mass is 499 g/mol. The van der Waals surface area contributed by atoms with E-state index >= 15 is 0 Å². The summed E-state index contributed by atoms with van der Waals surface area (Å²) in [6.07, 6.45) is 6.49. The van der Waals surface area contributed by atoms with Crippen LogP contribution in [0.15, 0.2) is 110 Å². The highest BCUT2D eigenvalue weighted by Crippen LogP contribution is 2.32. The molecule has 2 aromatic heterocycles. The van der Waals surface area contributed by atoms with Crippen molar-refractivity contribution in [1.29, 1.82) is 0 Å². The average molecular weight is 500 g/mol. The number of carbonyl (C=O) groups is 1. The van der Waals surface area contributed by atoms with E-state index in [1.807, 2.05) is 60.8 Å². The second kappa shape index (κ2) is 11.1. The Morgan fingerprint density at radius 2 is 1.74 bits per heavy atom. The van der Waals surface area contributed by atoms with Crippen LogP contribution in [0.2, 0.25) is 0 Å². The molecule has 5 aromatic rings. The number of nitrogens with one attached hydrogen (secondary N) is 1. The van der Waals surface area contributed by atoms with Crippen LogP contribution in [0.25, 0.3) is 33.7 Å². The maximum absolute atomic E-state index is 13.4. The van der Waals surface area contributed by atoms with Gasteiger partial charge in [-0.05, 0) is 64.1 Å². The first-order valence-corrected chi connectivity index (χ1v) is 12.7. The van der Waals surface area contributed by atoms with Crippen molar-refractivity contribution in [3.63, 3.8) is 0 Å². The maximum Gasteiger partial charge on any atom is 0.252 e. The molecule has 2 heterocycles. The van der Waals surface area contributed by atoms with Gasteiger partial charge in [0, 0.05) is 41.4 Å². The number of rotatable bonds is 7. The van der Waals surface area contributed by atoms with Crippen molar-refractivity contribution in [2.24, 2.45) is 0 Å². The Balaban J connectivity index is 1.55. The summed E-state index contributed by atoms with van der Waals surface area (Å²) in [6, 6.07) is 29.7. The van der Waals surface area contributed by atoms with E-state index in [0.29, 0.717) is 28.3 Å². The Labute approximate surface area is 222 Å². The van der Waals surface area contributed by atoms with Crippen LogP contribution in [0.3, 0.4) is 0 Å². The van der Waals surface area contributed by atoms with Crippen LogP contribution in [0, 0.1) is 5.21 Å². The summed E-state index contributed by atoms with van der Waals surface area (Å²) in [6.45, 7) is 4.78. The van der Waals surface area contributed by atoms with E-state index in [2.05, 4.69) is 54.5 Å². The highest BCUT2D eigenvalue weighted by molar-refractivity contribution is 6.24. The summed E-state index contributed by atoms with van der Waals surface area (Å²) in [5, 5.41) is 15.8. The fourth-order valence-corrected chi connectivity index (χ4v) is 4.48. The molecule has 0 aliphatic rings. The van der Waals surface area contributed by atoms with E-state index in [-0.39, 0.29) is 5.91 Å². The van der Waals surface area contributed by atoms with Gasteiger partial charge in [-0.15, -0.1) is 0 Å². The van der Waals surface area contributed by atoms with Gasteiger partial charge in [0.1, 0.15) is 0 Å². The molecule has 1 N–H and O–H groups in total. The maximum atomic E-state index is 13.4. The van der Waals surface area contributed by atoms with Crippen molar-refractivity contribution in [2.45, 2.75) is 26.3 Å². The molecule has 5 heteroatoms. The first-order valence-electron chi connectivity index (χ1n) is 12.7. The largest absolute Gasteiger partial charge is 0.619 e. The van der Waals surface area contributed by atoms with Crippen molar-refractivity contribution in [3.05, 3.63) is 137 Å². The van der Waals surface area contributed by atoms with Gasteiger partial charge in [-0.3, -0.25) is 9.78 Å². The highest BCUT2D eigenvalue weighted by Gasteiger charge is 2.15. The molecule has 3 aromatic carbocycles. The summed E-state index contributed by atoms with van der Waals surface area (Å²) in [5.41, 5.74) is 7.32. The Kier molecular flexibility index (Phi) is 7.27. The first-order chi connectivity index (χ1) is 18.5. The Hall–Kier alpha value is -4.77. The van der Waals surface area contributed by atoms with Crippen molar-refractivity contribution in [3.8, 4) is 11.1 Å². The zero-order chi connectivity index (χ0) is 26.5. The lowest BCUT2D eigenvalue weighted by atomic mass is 9.93. The third-order valence-corrected chi connectivity index (χ3v) is 6.56. The minimum Gasteiger partial charge on any atom is -0.619 e. The molecule has 0 aliphatic carbocycles. The predicted molar refractivity (Wildman–Crippen MR) is 153 cm³/mol. The van der Waals surface area contributed by atoms with Crippen LogP contribution < -0.4 is 10.0 Å². The lowest BCUT2D eigenvalue weighted by molar-refractivity contribution is -0.605. The lowest BCUT2D eigenvalue weighted by Gasteiger charge is -2.13. The molecule has 1 amide bonds. The lowest BCUT2D eigenvalue weighted by Crippen LogP contribution is -2.26. The van der Waals surface area contributed by atoms with Gasteiger partial charge in [0.15, 0.2) is 12.4 Å². The molecule has 0 unspecified atom stereocenters. The van der Waals surface area contributed by atoms with Crippen molar-refractivity contribution < 1.29 is 9.52 Å². The number of pyridine rings is 2. The molecule has 5 rings (SSSR count). The van der Waals surface area contributed by atoms with Crippen LogP contribution in [0.5, 0.6) is 0 Å². The molecule has 0 bridgehead atoms. The zero-order valence-corrected chi connectivity index (χ0v) is 21.5. The summed E-state index contributed by atoms with van der Waals surface area (Å²) in [5.74, 6) is 0.167. The second-order valence-electron chi connectivity index (χ2n) is 9.60. The molecule has 0 saturated carbocycles. The molecule has 38 heavy (non-hydrogen) atoms. The smallest absolute Gasteiger partial charge is 0.252 e. The topological polar surface area (TPSA) is 68.9 Å². The van der Waals surface area contributed by atoms with Crippen LogP contribution >= 0.6 is 0 Å². The number of benzene rings is 3. The molecule has 0 atom stereocenters. The number of hydrogen-bond donors (Lipinski definition) is 1. The summed E-state index contributed by atoms with van der Waals surface area (Å²) < 4.78 is 0.712. The molecule has 0 spiro atoms. The van der Waals surface area contributed by atoms with Gasteiger partial charge in [-0.1, -0.05) is 68.4 Å². The Bertz CT molecular complexity index is 1610. The number of carbonyl (C=O) groups excluding carboxylic acids is 1. The van der Waals surface area contributed by atoms with Gasteiger partial charge in [0.25, 0.3) is 5.91 Å². The van der Waals surface area contributed by atoms with Gasteiger partial charge < -0.3 is 10.5 Å². The third-order valence-electron chi connectivity index (χ3n) is 6.56. The number of nitrogens with zero attached hydrogens (tertiary/aromatic N) is 2. The summed E-state index contributed by atoms with van der Waals surface area (Å²) in [7, 11) is 0. The normalized spacial score (nSPS) is 11.6. The molecule has 188 valence electrons. The van der Waals surface area contributed by atoms with E-state index in [1.54, 1.807) is 12.1 Å². The van der Waals surface area contributed by atoms with Gasteiger partial charge in [-0.25, -0.2) is 0 Å². The minimum atomic E-state index is -0.211. The number of hydrogen-bond acceptors (Lipinski definition) is 3. The quantitative estimate of drug-likeness (QED) is 0.158. The van der Waals surface area contributed by atoms with Crippen LogP contribution in [-0.2, 0) is 11.3 Å². The Morgan fingerprint density at radius 3 is 2.50 bits per heavy atom. The molecule has 5 nitrogen and oxygen atoms in total. The van der Waals surface area contributed by atoms with E-state index in [4.69, 9.17) is 0 Å². The predicted octanol–water partition coefficient (Wildman–Crippen LogP) is 6.52. The van der Waals surface area contributed by atoms with Gasteiger partial charge in [0.05, 0.1) is 5.52 Å². The van der Waals surface area contributed by atoms with Crippen LogP contribution in [0.4, 0.5) is 0 Å². The first kappa shape index (κ1) is 24.9. The summed E-state index contributed by atoms with van der Waals surface area (Å²) in [4.78, 5) is 18.1. The summed E-state index contributed by atoms with van der Waals surface area (Å²) >= 11 is 0. The molecule has 0 aliphatic heterocycles. The Morgan fingerprint density at radius 1 is 0.947 bits per heavy atom. The van der Waals surface area contributed by atoms with Gasteiger partial charge in [-0.2, -0.15) is 4.73 Å². The van der Waals surface area contributed by atoms with Crippen molar-refractivity contribution in [1.82, 2.24) is 10.3 Å². The van der Waals surface area contributed by atoms with E-state index in [0.717, 1.165) is 33.2 Å². The fraction of sp³-hybridized carbons (Fsp3) is 0.121. The number of amides is 1. The molecular weight excluding hydrogens is 470 g/mol. The third kappa shape index (κ3) is 5.62. The minimum absolute atomic E-state index is 0.211. The average Bonchev–Trinajstić information content (AvgIpc) is 2.95. The molecule has 0 saturated heterocycles. The molecule has 0 radical (unpaired) electrons. The fourth-order valence-electron chi connectivity index (χ4n) is 4.48. The number of fused-ring (bicyclic) bond motifs is 1. The van der Waals surface area contributed by atoms with Gasteiger partial charge in [0.2, 0.25) is 0 Å². The van der Waals surface area contributed by atoms with E-state index < -0.39 is 0 Å². The SMILES string of the molecule is CC(C)c1cc(-c2cccc(/C=C(/C(=O)NCc3ccccc3)c3cc[n+]([O-])cc3)c2)c2ncccc2c1. The van der Waals surface area contributed by atoms with Crippen molar-refractivity contribution in [2.75, 3.05) is 0 Å². The second-order valence-corrected chi connectivity index (χ2v) is 9.60.